The molecular formula is C11H12F8O4. The number of halogens is 8. The highest BCUT2D eigenvalue weighted by atomic mass is 19.4. The molecule has 0 radical (unpaired) electrons. The summed E-state index contributed by atoms with van der Waals surface area (Å²) in [5.74, 6) is -27.7. The van der Waals surface area contributed by atoms with Gasteiger partial charge in [0.2, 0.25) is 0 Å². The van der Waals surface area contributed by atoms with Crippen LogP contribution in [0.5, 0.6) is 0 Å². The van der Waals surface area contributed by atoms with Crippen molar-refractivity contribution in [2.24, 2.45) is 0 Å². The molecule has 0 aliphatic rings. The fraction of sp³-hybridized carbons (Fsp3) is 0.818. The van der Waals surface area contributed by atoms with Gasteiger partial charge in [0.15, 0.2) is 13.2 Å². The maximum absolute atomic E-state index is 13.2. The van der Waals surface area contributed by atoms with E-state index in [1.807, 2.05) is 0 Å². The van der Waals surface area contributed by atoms with Crippen molar-refractivity contribution in [2.45, 2.75) is 44.0 Å². The normalized spacial score (nSPS) is 13.7. The number of hydrogen-bond acceptors (Lipinski definition) is 4. The molecule has 0 saturated heterocycles. The summed E-state index contributed by atoms with van der Waals surface area (Å²) in [6.07, 6.45) is -0.527. The van der Waals surface area contributed by atoms with Crippen LogP contribution >= 0.6 is 0 Å². The summed E-state index contributed by atoms with van der Waals surface area (Å²) in [4.78, 5) is 20.9. The molecule has 0 amide bonds. The number of carbonyl (C=O) groups excluding carboxylic acids is 2. The van der Waals surface area contributed by atoms with E-state index >= 15 is 0 Å². The third-order valence-electron chi connectivity index (χ3n) is 2.47. The maximum Gasteiger partial charge on any atom is 0.381 e. The summed E-state index contributed by atoms with van der Waals surface area (Å²) in [5.41, 5.74) is 0. The number of alkyl halides is 8. The first kappa shape index (κ1) is 21.4. The number of ether oxygens (including phenoxy) is 2. The molecule has 0 N–H and O–H groups in total. The molecule has 0 rings (SSSR count). The van der Waals surface area contributed by atoms with Crippen LogP contribution in [-0.2, 0) is 19.1 Å². The fourth-order valence-electron chi connectivity index (χ4n) is 1.11. The molecule has 23 heavy (non-hydrogen) atoms. The maximum atomic E-state index is 13.2. The van der Waals surface area contributed by atoms with E-state index in [2.05, 4.69) is 9.47 Å². The Hall–Kier alpha value is -1.62. The van der Waals surface area contributed by atoms with Gasteiger partial charge < -0.3 is 9.47 Å². The quantitative estimate of drug-likeness (QED) is 0.493. The average molecular weight is 360 g/mol. The molecule has 0 atom stereocenters. The minimum Gasteiger partial charge on any atom is -0.459 e. The molecule has 0 bridgehead atoms. The van der Waals surface area contributed by atoms with E-state index in [9.17, 15) is 44.7 Å². The third kappa shape index (κ3) is 4.44. The van der Waals surface area contributed by atoms with Gasteiger partial charge in [-0.1, -0.05) is 6.92 Å². The van der Waals surface area contributed by atoms with E-state index in [4.69, 9.17) is 0 Å². The first-order valence-electron chi connectivity index (χ1n) is 5.92. The summed E-state index contributed by atoms with van der Waals surface area (Å²) in [5, 5.41) is 0. The molecule has 0 saturated carbocycles. The summed E-state index contributed by atoms with van der Waals surface area (Å²) >= 11 is 0. The Morgan fingerprint density at radius 3 is 1.43 bits per heavy atom. The van der Waals surface area contributed by atoms with Crippen molar-refractivity contribution in [1.82, 2.24) is 0 Å². The molecular weight excluding hydrogens is 348 g/mol. The largest absolute Gasteiger partial charge is 0.459 e. The molecule has 0 spiro atoms. The van der Waals surface area contributed by atoms with Crippen LogP contribution in [0.2, 0.25) is 0 Å². The van der Waals surface area contributed by atoms with E-state index in [1.165, 1.54) is 0 Å². The molecule has 0 heterocycles. The van der Waals surface area contributed by atoms with Gasteiger partial charge in [-0.25, -0.2) is 0 Å². The smallest absolute Gasteiger partial charge is 0.381 e. The van der Waals surface area contributed by atoms with Crippen LogP contribution in [0.1, 0.15) is 20.3 Å². The predicted octanol–water partition coefficient (Wildman–Crippen LogP) is 3.04. The van der Waals surface area contributed by atoms with Crippen molar-refractivity contribution in [2.75, 3.05) is 13.2 Å². The molecule has 136 valence electrons. The van der Waals surface area contributed by atoms with Crippen molar-refractivity contribution in [1.29, 1.82) is 0 Å². The first-order valence-corrected chi connectivity index (χ1v) is 5.92. The van der Waals surface area contributed by atoms with Crippen LogP contribution in [0, 0.1) is 0 Å². The highest BCUT2D eigenvalue weighted by molar-refractivity contribution is 5.68. The van der Waals surface area contributed by atoms with E-state index in [0.717, 1.165) is 6.92 Å². The summed E-state index contributed by atoms with van der Waals surface area (Å²) in [7, 11) is 0. The summed E-state index contributed by atoms with van der Waals surface area (Å²) < 4.78 is 113. The average Bonchev–Trinajstić information content (AvgIpc) is 2.42. The van der Waals surface area contributed by atoms with Crippen LogP contribution in [0.25, 0.3) is 0 Å². The molecule has 0 fully saturated rings. The standard InChI is InChI=1S/C11H12F8O4/c1-3-7(21)23-5-9(14,15)11(18,19)10(16,17)8(12,13)4-22-6(2)20/h3-5H2,1-2H3. The Morgan fingerprint density at radius 2 is 1.13 bits per heavy atom. The predicted molar refractivity (Wildman–Crippen MR) is 57.7 cm³/mol. The molecule has 0 aromatic heterocycles. The molecule has 4 nitrogen and oxygen atoms in total. The van der Waals surface area contributed by atoms with Gasteiger partial charge in [-0.2, -0.15) is 35.1 Å². The van der Waals surface area contributed by atoms with Crippen LogP contribution < -0.4 is 0 Å². The SMILES string of the molecule is CCC(=O)OCC(F)(F)C(F)(F)C(F)(F)C(F)(F)COC(C)=O. The van der Waals surface area contributed by atoms with Gasteiger partial charge in [0.1, 0.15) is 0 Å². The molecule has 0 unspecified atom stereocenters. The second-order valence-corrected chi connectivity index (χ2v) is 4.35. The zero-order chi connectivity index (χ0) is 18.7. The summed E-state index contributed by atoms with van der Waals surface area (Å²) in [6, 6.07) is 0. The van der Waals surface area contributed by atoms with Crippen LogP contribution in [0.3, 0.4) is 0 Å². The second kappa shape index (κ2) is 6.87. The molecule has 0 aliphatic heterocycles. The topological polar surface area (TPSA) is 52.6 Å². The Labute approximate surface area is 124 Å². The number of hydrogen-bond donors (Lipinski definition) is 0. The van der Waals surface area contributed by atoms with Gasteiger partial charge in [-0.05, 0) is 0 Å². The lowest BCUT2D eigenvalue weighted by molar-refractivity contribution is -0.374. The van der Waals surface area contributed by atoms with Crippen LogP contribution in [0.4, 0.5) is 35.1 Å². The Kier molecular flexibility index (Phi) is 6.39. The second-order valence-electron chi connectivity index (χ2n) is 4.35. The van der Waals surface area contributed by atoms with Gasteiger partial charge in [-0.3, -0.25) is 9.59 Å². The Morgan fingerprint density at radius 1 is 0.783 bits per heavy atom. The Balaban J connectivity index is 5.40. The number of rotatable bonds is 8. The van der Waals surface area contributed by atoms with Crippen LogP contribution in [0.15, 0.2) is 0 Å². The van der Waals surface area contributed by atoms with Crippen molar-refractivity contribution in [3.8, 4) is 0 Å². The van der Waals surface area contributed by atoms with Gasteiger partial charge in [-0.15, -0.1) is 0 Å². The van der Waals surface area contributed by atoms with E-state index in [-0.39, 0.29) is 0 Å². The van der Waals surface area contributed by atoms with E-state index in [0.29, 0.717) is 6.92 Å². The summed E-state index contributed by atoms with van der Waals surface area (Å²) in [6.45, 7) is -3.44. The lowest BCUT2D eigenvalue weighted by atomic mass is 9.99. The zero-order valence-electron chi connectivity index (χ0n) is 11.8. The number of esters is 2. The lowest BCUT2D eigenvalue weighted by Crippen LogP contribution is -2.64. The van der Waals surface area contributed by atoms with Gasteiger partial charge in [0.05, 0.1) is 0 Å². The first-order chi connectivity index (χ1) is 10.1. The van der Waals surface area contributed by atoms with Gasteiger partial charge >= 0.3 is 35.6 Å². The highest BCUT2D eigenvalue weighted by Crippen LogP contribution is 2.52. The minimum atomic E-state index is -6.59. The fourth-order valence-corrected chi connectivity index (χ4v) is 1.11. The van der Waals surface area contributed by atoms with Crippen molar-refractivity contribution >= 4 is 11.9 Å². The van der Waals surface area contributed by atoms with Crippen LogP contribution in [-0.4, -0.2) is 48.8 Å². The lowest BCUT2D eigenvalue weighted by Gasteiger charge is -2.36. The van der Waals surface area contributed by atoms with Crippen molar-refractivity contribution in [3.05, 3.63) is 0 Å². The number of carbonyl (C=O) groups is 2. The third-order valence-corrected chi connectivity index (χ3v) is 2.47. The minimum absolute atomic E-state index is 0.519. The zero-order valence-corrected chi connectivity index (χ0v) is 11.8. The molecule has 12 heteroatoms. The molecule has 0 aliphatic carbocycles. The van der Waals surface area contributed by atoms with Gasteiger partial charge in [0.25, 0.3) is 0 Å². The highest BCUT2D eigenvalue weighted by Gasteiger charge is 2.81. The van der Waals surface area contributed by atoms with Crippen molar-refractivity contribution in [3.63, 3.8) is 0 Å². The molecule has 0 aromatic carbocycles. The molecule has 0 aromatic rings. The monoisotopic (exact) mass is 360 g/mol. The Bertz CT molecular complexity index is 449. The van der Waals surface area contributed by atoms with Gasteiger partial charge in [0, 0.05) is 13.3 Å². The van der Waals surface area contributed by atoms with E-state index < -0.39 is 55.3 Å². The van der Waals surface area contributed by atoms with E-state index in [1.54, 1.807) is 0 Å². The van der Waals surface area contributed by atoms with Crippen molar-refractivity contribution < 1.29 is 54.2 Å².